The molecule has 1 atom stereocenters. The lowest BCUT2D eigenvalue weighted by molar-refractivity contribution is 0.108. The fourth-order valence-corrected chi connectivity index (χ4v) is 4.46. The largest absolute Gasteiger partial charge is 0.314 e. The minimum Gasteiger partial charge on any atom is -0.314 e. The molecule has 2 saturated heterocycles. The summed E-state index contributed by atoms with van der Waals surface area (Å²) in [5, 5.41) is 3.51. The fourth-order valence-electron chi connectivity index (χ4n) is 4.46. The van der Waals surface area contributed by atoms with E-state index in [1.807, 2.05) is 0 Å². The van der Waals surface area contributed by atoms with E-state index in [1.54, 1.807) is 0 Å². The Balaban J connectivity index is 1.55. The summed E-state index contributed by atoms with van der Waals surface area (Å²) in [4.78, 5) is 5.53. The standard InChI is InChI=1S/C17H33N3/c1-2-6-16(7-3-1)14-17(15-19-10-4-5-11-19)20-12-8-18-9-13-20/h16-18H,1-15H2. The molecule has 0 amide bonds. The molecule has 3 fully saturated rings. The van der Waals surface area contributed by atoms with E-state index >= 15 is 0 Å². The van der Waals surface area contributed by atoms with E-state index in [1.165, 1.54) is 97.2 Å². The average molecular weight is 279 g/mol. The van der Waals surface area contributed by atoms with Crippen molar-refractivity contribution in [2.24, 2.45) is 5.92 Å². The third kappa shape index (κ3) is 4.19. The van der Waals surface area contributed by atoms with Crippen molar-refractivity contribution in [3.05, 3.63) is 0 Å². The number of rotatable bonds is 5. The van der Waals surface area contributed by atoms with Gasteiger partial charge in [0, 0.05) is 38.8 Å². The van der Waals surface area contributed by atoms with Gasteiger partial charge in [-0.1, -0.05) is 32.1 Å². The van der Waals surface area contributed by atoms with Crippen LogP contribution in [0.25, 0.3) is 0 Å². The first-order valence-electron chi connectivity index (χ1n) is 9.09. The summed E-state index contributed by atoms with van der Waals surface area (Å²) in [7, 11) is 0. The predicted octanol–water partition coefficient (Wildman–Crippen LogP) is 2.33. The summed E-state index contributed by atoms with van der Waals surface area (Å²) in [5.41, 5.74) is 0. The van der Waals surface area contributed by atoms with Crippen LogP contribution in [0.5, 0.6) is 0 Å². The van der Waals surface area contributed by atoms with Crippen LogP contribution in [-0.2, 0) is 0 Å². The first-order valence-corrected chi connectivity index (χ1v) is 9.09. The molecular formula is C17H33N3. The topological polar surface area (TPSA) is 18.5 Å². The summed E-state index contributed by atoms with van der Waals surface area (Å²) in [6.07, 6.45) is 11.8. The summed E-state index contributed by atoms with van der Waals surface area (Å²) in [6.45, 7) is 8.98. The van der Waals surface area contributed by atoms with Gasteiger partial charge in [-0.25, -0.2) is 0 Å². The Hall–Kier alpha value is -0.120. The van der Waals surface area contributed by atoms with Crippen LogP contribution in [0.4, 0.5) is 0 Å². The first-order chi connectivity index (χ1) is 9.92. The van der Waals surface area contributed by atoms with Crippen molar-refractivity contribution in [2.45, 2.75) is 57.4 Å². The van der Waals surface area contributed by atoms with Crippen LogP contribution in [0, 0.1) is 5.92 Å². The van der Waals surface area contributed by atoms with Gasteiger partial charge in [0.1, 0.15) is 0 Å². The summed E-state index contributed by atoms with van der Waals surface area (Å²) < 4.78 is 0. The zero-order chi connectivity index (χ0) is 13.6. The average Bonchev–Trinajstić information content (AvgIpc) is 3.02. The highest BCUT2D eigenvalue weighted by atomic mass is 15.3. The molecular weight excluding hydrogens is 246 g/mol. The van der Waals surface area contributed by atoms with Gasteiger partial charge >= 0.3 is 0 Å². The first kappa shape index (κ1) is 14.8. The Labute approximate surface area is 125 Å². The van der Waals surface area contributed by atoms with E-state index in [-0.39, 0.29) is 0 Å². The van der Waals surface area contributed by atoms with Crippen LogP contribution in [0.2, 0.25) is 0 Å². The smallest absolute Gasteiger partial charge is 0.0226 e. The molecule has 3 rings (SSSR count). The van der Waals surface area contributed by atoms with Gasteiger partial charge in [0.15, 0.2) is 0 Å². The second-order valence-corrected chi connectivity index (χ2v) is 7.19. The van der Waals surface area contributed by atoms with Crippen molar-refractivity contribution in [2.75, 3.05) is 45.8 Å². The minimum absolute atomic E-state index is 0.832. The lowest BCUT2D eigenvalue weighted by atomic mass is 9.84. The maximum Gasteiger partial charge on any atom is 0.0226 e. The highest BCUT2D eigenvalue weighted by Crippen LogP contribution is 2.29. The van der Waals surface area contributed by atoms with E-state index in [9.17, 15) is 0 Å². The van der Waals surface area contributed by atoms with E-state index in [2.05, 4.69) is 15.1 Å². The molecule has 2 aliphatic heterocycles. The van der Waals surface area contributed by atoms with Crippen LogP contribution in [0.3, 0.4) is 0 Å². The monoisotopic (exact) mass is 279 g/mol. The van der Waals surface area contributed by atoms with Crippen LogP contribution >= 0.6 is 0 Å². The van der Waals surface area contributed by atoms with Crippen molar-refractivity contribution < 1.29 is 0 Å². The molecule has 0 bridgehead atoms. The molecule has 3 heteroatoms. The Morgan fingerprint density at radius 3 is 2.25 bits per heavy atom. The number of nitrogens with one attached hydrogen (secondary N) is 1. The van der Waals surface area contributed by atoms with Gasteiger partial charge in [0.2, 0.25) is 0 Å². The highest BCUT2D eigenvalue weighted by Gasteiger charge is 2.27. The molecule has 0 aromatic rings. The molecule has 20 heavy (non-hydrogen) atoms. The Bertz CT molecular complexity index is 263. The lowest BCUT2D eigenvalue weighted by Crippen LogP contribution is -2.52. The molecule has 0 radical (unpaired) electrons. The van der Waals surface area contributed by atoms with Crippen molar-refractivity contribution in [1.29, 1.82) is 0 Å². The molecule has 3 aliphatic rings. The van der Waals surface area contributed by atoms with Crippen LogP contribution in [0.15, 0.2) is 0 Å². The molecule has 1 saturated carbocycles. The maximum atomic E-state index is 3.51. The molecule has 0 aromatic heterocycles. The van der Waals surface area contributed by atoms with E-state index in [4.69, 9.17) is 0 Å². The normalized spacial score (nSPS) is 28.8. The van der Waals surface area contributed by atoms with E-state index in [0.717, 1.165) is 12.0 Å². The van der Waals surface area contributed by atoms with Gasteiger partial charge in [-0.05, 0) is 38.3 Å². The molecule has 0 spiro atoms. The van der Waals surface area contributed by atoms with Crippen molar-refractivity contribution in [3.63, 3.8) is 0 Å². The number of likely N-dealkylation sites (tertiary alicyclic amines) is 1. The molecule has 116 valence electrons. The van der Waals surface area contributed by atoms with Gasteiger partial charge in [0.05, 0.1) is 0 Å². The second-order valence-electron chi connectivity index (χ2n) is 7.19. The Morgan fingerprint density at radius 2 is 1.55 bits per heavy atom. The summed E-state index contributed by atoms with van der Waals surface area (Å²) >= 11 is 0. The number of nitrogens with zero attached hydrogens (tertiary/aromatic N) is 2. The minimum atomic E-state index is 0.832. The molecule has 0 aromatic carbocycles. The zero-order valence-corrected chi connectivity index (χ0v) is 13.2. The van der Waals surface area contributed by atoms with Crippen LogP contribution < -0.4 is 5.32 Å². The summed E-state index contributed by atoms with van der Waals surface area (Å²) in [5.74, 6) is 1.02. The van der Waals surface area contributed by atoms with Crippen LogP contribution in [-0.4, -0.2) is 61.7 Å². The SMILES string of the molecule is C1CCC(CC(CN2CCCC2)N2CCNCC2)CC1. The van der Waals surface area contributed by atoms with Gasteiger partial charge in [-0.2, -0.15) is 0 Å². The van der Waals surface area contributed by atoms with Crippen molar-refractivity contribution >= 4 is 0 Å². The van der Waals surface area contributed by atoms with Crippen molar-refractivity contribution in [1.82, 2.24) is 15.1 Å². The number of hydrogen-bond donors (Lipinski definition) is 1. The highest BCUT2D eigenvalue weighted by molar-refractivity contribution is 4.84. The third-order valence-corrected chi connectivity index (χ3v) is 5.67. The molecule has 3 nitrogen and oxygen atoms in total. The van der Waals surface area contributed by atoms with Gasteiger partial charge in [0.25, 0.3) is 0 Å². The fraction of sp³-hybridized carbons (Fsp3) is 1.00. The number of piperazine rings is 1. The van der Waals surface area contributed by atoms with Crippen molar-refractivity contribution in [3.8, 4) is 0 Å². The maximum absolute atomic E-state index is 3.51. The zero-order valence-electron chi connectivity index (χ0n) is 13.2. The van der Waals surface area contributed by atoms with Crippen LogP contribution in [0.1, 0.15) is 51.4 Å². The van der Waals surface area contributed by atoms with Gasteiger partial charge < -0.3 is 10.2 Å². The quantitative estimate of drug-likeness (QED) is 0.833. The molecule has 1 aliphatic carbocycles. The molecule has 1 N–H and O–H groups in total. The second kappa shape index (κ2) is 7.77. The Kier molecular flexibility index (Phi) is 5.75. The van der Waals surface area contributed by atoms with E-state index < -0.39 is 0 Å². The predicted molar refractivity (Wildman–Crippen MR) is 85.1 cm³/mol. The summed E-state index contributed by atoms with van der Waals surface area (Å²) in [6, 6.07) is 0.832. The molecule has 2 heterocycles. The van der Waals surface area contributed by atoms with E-state index in [0.29, 0.717) is 0 Å². The lowest BCUT2D eigenvalue weighted by Gasteiger charge is -2.39. The molecule has 1 unspecified atom stereocenters. The number of hydrogen-bond acceptors (Lipinski definition) is 3. The van der Waals surface area contributed by atoms with Gasteiger partial charge in [-0.15, -0.1) is 0 Å². The van der Waals surface area contributed by atoms with Gasteiger partial charge in [-0.3, -0.25) is 4.90 Å². The third-order valence-electron chi connectivity index (χ3n) is 5.67. The Morgan fingerprint density at radius 1 is 0.850 bits per heavy atom.